The molecule has 2 aliphatic rings. The number of fused-ring (bicyclic) bond motifs is 2. The van der Waals surface area contributed by atoms with Crippen LogP contribution in [0.25, 0.3) is 0 Å². The molecular weight excluding hydrogens is 238 g/mol. The van der Waals surface area contributed by atoms with Crippen LogP contribution >= 0.6 is 0 Å². The summed E-state index contributed by atoms with van der Waals surface area (Å²) < 4.78 is 5.99. The lowest BCUT2D eigenvalue weighted by Crippen LogP contribution is -2.42. The van der Waals surface area contributed by atoms with Gasteiger partial charge >= 0.3 is 0 Å². The SMILES string of the molecule is CCNC(Cc1cnccc1N)C1CC2CCC1O2. The number of nitrogen functional groups attached to an aromatic ring is 1. The van der Waals surface area contributed by atoms with Gasteiger partial charge in [-0.15, -0.1) is 0 Å². The Hall–Kier alpha value is -1.13. The number of anilines is 1. The molecule has 4 unspecified atom stereocenters. The summed E-state index contributed by atoms with van der Waals surface area (Å²) in [4.78, 5) is 4.19. The van der Waals surface area contributed by atoms with E-state index in [1.807, 2.05) is 12.3 Å². The minimum atomic E-state index is 0.451. The number of likely N-dealkylation sites (N-methyl/N-ethyl adjacent to an activating group) is 1. The van der Waals surface area contributed by atoms with Crippen LogP contribution in [-0.2, 0) is 11.2 Å². The summed E-state index contributed by atoms with van der Waals surface area (Å²) in [7, 11) is 0. The molecule has 0 aromatic carbocycles. The molecule has 19 heavy (non-hydrogen) atoms. The van der Waals surface area contributed by atoms with Crippen molar-refractivity contribution in [3.63, 3.8) is 0 Å². The molecule has 1 aromatic rings. The van der Waals surface area contributed by atoms with Gasteiger partial charge in [-0.2, -0.15) is 0 Å². The van der Waals surface area contributed by atoms with Crippen molar-refractivity contribution in [2.45, 2.75) is 50.9 Å². The molecule has 4 atom stereocenters. The summed E-state index contributed by atoms with van der Waals surface area (Å²) in [6.45, 7) is 3.15. The van der Waals surface area contributed by atoms with E-state index in [1.54, 1.807) is 6.20 Å². The van der Waals surface area contributed by atoms with Crippen LogP contribution in [0.4, 0.5) is 5.69 Å². The highest BCUT2D eigenvalue weighted by Gasteiger charge is 2.44. The maximum absolute atomic E-state index is 6.04. The standard InChI is InChI=1S/C15H23N3O/c1-2-18-14(7-10-9-17-6-5-13(10)16)12-8-11-3-4-15(12)19-11/h5-6,9,11-12,14-15,18H,2-4,7-8H2,1H3,(H2,16,17). The average Bonchev–Trinajstić information content (AvgIpc) is 3.03. The first-order valence-electron chi connectivity index (χ1n) is 7.35. The summed E-state index contributed by atoms with van der Waals surface area (Å²) in [6.07, 6.45) is 9.21. The van der Waals surface area contributed by atoms with E-state index in [0.717, 1.165) is 24.2 Å². The number of nitrogens with two attached hydrogens (primary N) is 1. The summed E-state index contributed by atoms with van der Waals surface area (Å²) in [5, 5.41) is 3.62. The van der Waals surface area contributed by atoms with Gasteiger partial charge < -0.3 is 15.8 Å². The molecule has 0 spiro atoms. The van der Waals surface area contributed by atoms with Crippen LogP contribution in [0, 0.1) is 5.92 Å². The van der Waals surface area contributed by atoms with Crippen LogP contribution < -0.4 is 11.1 Å². The van der Waals surface area contributed by atoms with Crippen molar-refractivity contribution >= 4 is 5.69 Å². The van der Waals surface area contributed by atoms with E-state index in [4.69, 9.17) is 10.5 Å². The van der Waals surface area contributed by atoms with Gasteiger partial charge in [0.2, 0.25) is 0 Å². The van der Waals surface area contributed by atoms with Crippen molar-refractivity contribution in [3.05, 3.63) is 24.0 Å². The molecule has 4 heteroatoms. The number of hydrogen-bond acceptors (Lipinski definition) is 4. The molecule has 2 fully saturated rings. The number of pyridine rings is 1. The molecule has 1 aromatic heterocycles. The molecule has 2 aliphatic heterocycles. The highest BCUT2D eigenvalue weighted by atomic mass is 16.5. The number of rotatable bonds is 5. The van der Waals surface area contributed by atoms with E-state index >= 15 is 0 Å². The zero-order valence-corrected chi connectivity index (χ0v) is 11.5. The van der Waals surface area contributed by atoms with Gasteiger partial charge in [0.25, 0.3) is 0 Å². The van der Waals surface area contributed by atoms with Crippen LogP contribution in [0.5, 0.6) is 0 Å². The third kappa shape index (κ3) is 2.60. The van der Waals surface area contributed by atoms with Crippen LogP contribution in [-0.4, -0.2) is 29.8 Å². The largest absolute Gasteiger partial charge is 0.398 e. The molecule has 0 aliphatic carbocycles. The third-order valence-corrected chi connectivity index (χ3v) is 4.52. The average molecular weight is 261 g/mol. The molecule has 4 nitrogen and oxygen atoms in total. The van der Waals surface area contributed by atoms with E-state index in [-0.39, 0.29) is 0 Å². The maximum atomic E-state index is 6.04. The molecule has 3 rings (SSSR count). The van der Waals surface area contributed by atoms with Crippen LogP contribution in [0.15, 0.2) is 18.5 Å². The van der Waals surface area contributed by atoms with Crippen molar-refractivity contribution in [3.8, 4) is 0 Å². The Morgan fingerprint density at radius 1 is 1.53 bits per heavy atom. The van der Waals surface area contributed by atoms with Crippen LogP contribution in [0.1, 0.15) is 31.7 Å². The van der Waals surface area contributed by atoms with Crippen molar-refractivity contribution in [2.24, 2.45) is 5.92 Å². The second kappa shape index (κ2) is 5.47. The fourth-order valence-corrected chi connectivity index (χ4v) is 3.58. The van der Waals surface area contributed by atoms with E-state index < -0.39 is 0 Å². The van der Waals surface area contributed by atoms with Gasteiger partial charge in [-0.05, 0) is 43.9 Å². The van der Waals surface area contributed by atoms with E-state index in [2.05, 4.69) is 17.2 Å². The number of hydrogen-bond donors (Lipinski definition) is 2. The first-order chi connectivity index (χ1) is 9.28. The Labute approximate surface area is 114 Å². The van der Waals surface area contributed by atoms with Crippen molar-refractivity contribution < 1.29 is 4.74 Å². The second-order valence-electron chi connectivity index (χ2n) is 5.72. The molecular formula is C15H23N3O. The predicted octanol–water partition coefficient (Wildman–Crippen LogP) is 1.75. The Kier molecular flexibility index (Phi) is 3.71. The summed E-state index contributed by atoms with van der Waals surface area (Å²) >= 11 is 0. The lowest BCUT2D eigenvalue weighted by Gasteiger charge is -2.29. The van der Waals surface area contributed by atoms with Gasteiger partial charge in [0, 0.05) is 30.0 Å². The topological polar surface area (TPSA) is 60.2 Å². The predicted molar refractivity (Wildman–Crippen MR) is 75.8 cm³/mol. The number of aromatic nitrogens is 1. The molecule has 3 heterocycles. The van der Waals surface area contributed by atoms with Gasteiger partial charge in [0.1, 0.15) is 0 Å². The molecule has 0 amide bonds. The fourth-order valence-electron chi connectivity index (χ4n) is 3.58. The van der Waals surface area contributed by atoms with Crippen molar-refractivity contribution in [1.82, 2.24) is 10.3 Å². The Morgan fingerprint density at radius 3 is 3.05 bits per heavy atom. The highest BCUT2D eigenvalue weighted by molar-refractivity contribution is 5.44. The summed E-state index contributed by atoms with van der Waals surface area (Å²) in [5.41, 5.74) is 8.04. The van der Waals surface area contributed by atoms with Crippen LogP contribution in [0.2, 0.25) is 0 Å². The van der Waals surface area contributed by atoms with Gasteiger partial charge in [-0.1, -0.05) is 6.92 Å². The van der Waals surface area contributed by atoms with Crippen molar-refractivity contribution in [2.75, 3.05) is 12.3 Å². The molecule has 104 valence electrons. The number of nitrogens with zero attached hydrogens (tertiary/aromatic N) is 1. The molecule has 3 N–H and O–H groups in total. The molecule has 0 radical (unpaired) electrons. The quantitative estimate of drug-likeness (QED) is 0.848. The van der Waals surface area contributed by atoms with Gasteiger partial charge in [0.05, 0.1) is 12.2 Å². The molecule has 2 saturated heterocycles. The zero-order chi connectivity index (χ0) is 13.2. The summed E-state index contributed by atoms with van der Waals surface area (Å²) in [5.74, 6) is 0.623. The number of nitrogens with one attached hydrogen (secondary N) is 1. The van der Waals surface area contributed by atoms with E-state index in [0.29, 0.717) is 24.2 Å². The van der Waals surface area contributed by atoms with E-state index in [1.165, 1.54) is 19.3 Å². The van der Waals surface area contributed by atoms with Crippen LogP contribution in [0.3, 0.4) is 0 Å². The smallest absolute Gasteiger partial charge is 0.0623 e. The number of ether oxygens (including phenoxy) is 1. The minimum Gasteiger partial charge on any atom is -0.398 e. The van der Waals surface area contributed by atoms with Gasteiger partial charge in [0.15, 0.2) is 0 Å². The molecule has 0 saturated carbocycles. The highest BCUT2D eigenvalue weighted by Crippen LogP contribution is 2.41. The van der Waals surface area contributed by atoms with Gasteiger partial charge in [-0.3, -0.25) is 4.98 Å². The first-order valence-corrected chi connectivity index (χ1v) is 7.35. The Balaban J connectivity index is 1.73. The first kappa shape index (κ1) is 12.9. The lowest BCUT2D eigenvalue weighted by atomic mass is 9.81. The zero-order valence-electron chi connectivity index (χ0n) is 11.5. The van der Waals surface area contributed by atoms with E-state index in [9.17, 15) is 0 Å². The minimum absolute atomic E-state index is 0.451. The second-order valence-corrected chi connectivity index (χ2v) is 5.72. The Bertz CT molecular complexity index is 437. The van der Waals surface area contributed by atoms with Crippen molar-refractivity contribution in [1.29, 1.82) is 0 Å². The fraction of sp³-hybridized carbons (Fsp3) is 0.667. The van der Waals surface area contributed by atoms with Gasteiger partial charge in [-0.25, -0.2) is 0 Å². The normalized spacial score (nSPS) is 30.7. The Morgan fingerprint density at radius 2 is 2.42 bits per heavy atom. The summed E-state index contributed by atoms with van der Waals surface area (Å²) in [6, 6.07) is 2.34. The third-order valence-electron chi connectivity index (χ3n) is 4.52. The monoisotopic (exact) mass is 261 g/mol. The molecule has 2 bridgehead atoms. The lowest BCUT2D eigenvalue weighted by molar-refractivity contribution is 0.0858. The maximum Gasteiger partial charge on any atom is 0.0623 e.